The maximum atomic E-state index is 12.2. The zero-order valence-electron chi connectivity index (χ0n) is 17.1. The predicted molar refractivity (Wildman–Crippen MR) is 115 cm³/mol. The minimum absolute atomic E-state index is 0.00915. The molecule has 3 aromatic rings. The van der Waals surface area contributed by atoms with Crippen LogP contribution in [0.5, 0.6) is 11.5 Å². The quantitative estimate of drug-likeness (QED) is 0.459. The molecular formula is C22H24N4O5. The zero-order valence-corrected chi connectivity index (χ0v) is 17.1. The van der Waals surface area contributed by atoms with Crippen LogP contribution in [-0.4, -0.2) is 48.5 Å². The molecule has 0 saturated carbocycles. The smallest absolute Gasteiger partial charge is 0.250 e. The van der Waals surface area contributed by atoms with E-state index in [1.54, 1.807) is 37.6 Å². The fourth-order valence-corrected chi connectivity index (χ4v) is 2.63. The highest BCUT2D eigenvalue weighted by molar-refractivity contribution is 5.92. The lowest BCUT2D eigenvalue weighted by atomic mass is 10.3. The van der Waals surface area contributed by atoms with Gasteiger partial charge >= 0.3 is 0 Å². The Kier molecular flexibility index (Phi) is 8.01. The molecule has 0 spiro atoms. The van der Waals surface area contributed by atoms with Gasteiger partial charge in [-0.15, -0.1) is 0 Å². The highest BCUT2D eigenvalue weighted by Gasteiger charge is 2.08. The van der Waals surface area contributed by atoms with Crippen molar-refractivity contribution >= 4 is 23.2 Å². The Balaban J connectivity index is 1.34. The lowest BCUT2D eigenvalue weighted by Crippen LogP contribution is -2.20. The Bertz CT molecular complexity index is 973. The summed E-state index contributed by atoms with van der Waals surface area (Å²) in [6.45, 7) is 0.530. The summed E-state index contributed by atoms with van der Waals surface area (Å²) in [5.74, 6) is 0.895. The van der Waals surface area contributed by atoms with Crippen LogP contribution >= 0.6 is 0 Å². The van der Waals surface area contributed by atoms with Gasteiger partial charge in [0.15, 0.2) is 0 Å². The number of para-hydroxylation sites is 1. The van der Waals surface area contributed by atoms with Gasteiger partial charge in [0.1, 0.15) is 31.3 Å². The van der Waals surface area contributed by atoms with Crippen molar-refractivity contribution in [1.29, 1.82) is 0 Å². The van der Waals surface area contributed by atoms with Gasteiger partial charge in [-0.1, -0.05) is 18.2 Å². The molecule has 9 heteroatoms. The van der Waals surface area contributed by atoms with Crippen LogP contribution in [-0.2, 0) is 20.9 Å². The summed E-state index contributed by atoms with van der Waals surface area (Å²) >= 11 is 0. The predicted octanol–water partition coefficient (Wildman–Crippen LogP) is 2.56. The standard InChI is InChI=1S/C22H24N4O5/c1-29-19-9-7-17(8-10-19)24-21(27)15-26-14-18(13-23-26)25-22(28)16-30-11-12-31-20-5-3-2-4-6-20/h2-10,13-14H,11-12,15-16H2,1H3,(H,24,27)(H,25,28). The van der Waals surface area contributed by atoms with Gasteiger partial charge in [0.2, 0.25) is 11.8 Å². The van der Waals surface area contributed by atoms with Crippen LogP contribution < -0.4 is 20.1 Å². The van der Waals surface area contributed by atoms with Gasteiger partial charge in [-0.3, -0.25) is 14.3 Å². The third-order valence-electron chi connectivity index (χ3n) is 4.07. The van der Waals surface area contributed by atoms with E-state index in [0.717, 1.165) is 5.75 Å². The number of ether oxygens (including phenoxy) is 3. The average molecular weight is 424 g/mol. The van der Waals surface area contributed by atoms with Gasteiger partial charge in [0.25, 0.3) is 0 Å². The minimum atomic E-state index is -0.318. The van der Waals surface area contributed by atoms with Gasteiger partial charge < -0.3 is 24.8 Å². The number of hydrogen-bond acceptors (Lipinski definition) is 6. The van der Waals surface area contributed by atoms with E-state index >= 15 is 0 Å². The lowest BCUT2D eigenvalue weighted by molar-refractivity contribution is -0.120. The molecule has 0 unspecified atom stereocenters. The molecule has 31 heavy (non-hydrogen) atoms. The molecule has 0 atom stereocenters. The largest absolute Gasteiger partial charge is 0.497 e. The van der Waals surface area contributed by atoms with E-state index in [-0.39, 0.29) is 31.6 Å². The number of nitrogens with zero attached hydrogens (tertiary/aromatic N) is 2. The second-order valence-electron chi connectivity index (χ2n) is 6.47. The van der Waals surface area contributed by atoms with Crippen LogP contribution in [0.4, 0.5) is 11.4 Å². The average Bonchev–Trinajstić information content (AvgIpc) is 3.21. The molecule has 0 aliphatic carbocycles. The topological polar surface area (TPSA) is 104 Å². The molecule has 0 radical (unpaired) electrons. The Labute approximate surface area is 179 Å². The number of anilines is 2. The molecule has 2 amide bonds. The molecule has 2 aromatic carbocycles. The molecule has 1 heterocycles. The fourth-order valence-electron chi connectivity index (χ4n) is 2.63. The van der Waals surface area contributed by atoms with Crippen molar-refractivity contribution in [2.45, 2.75) is 6.54 Å². The Morgan fingerprint density at radius 2 is 1.65 bits per heavy atom. The van der Waals surface area contributed by atoms with Gasteiger partial charge in [-0.2, -0.15) is 5.10 Å². The lowest BCUT2D eigenvalue weighted by Gasteiger charge is -2.07. The summed E-state index contributed by atoms with van der Waals surface area (Å²) in [5.41, 5.74) is 1.13. The second kappa shape index (κ2) is 11.4. The van der Waals surface area contributed by atoms with E-state index in [1.807, 2.05) is 30.3 Å². The van der Waals surface area contributed by atoms with Gasteiger partial charge in [0.05, 0.1) is 25.6 Å². The normalized spacial score (nSPS) is 10.4. The number of benzene rings is 2. The number of carbonyl (C=O) groups is 2. The summed E-state index contributed by atoms with van der Waals surface area (Å²) < 4.78 is 17.3. The third-order valence-corrected chi connectivity index (χ3v) is 4.07. The summed E-state index contributed by atoms with van der Waals surface area (Å²) in [5, 5.41) is 9.52. The van der Waals surface area contributed by atoms with Crippen LogP contribution in [0, 0.1) is 0 Å². The Hall–Kier alpha value is -3.85. The first-order valence-corrected chi connectivity index (χ1v) is 9.64. The highest BCUT2D eigenvalue weighted by Crippen LogP contribution is 2.15. The van der Waals surface area contributed by atoms with Crippen LogP contribution in [0.15, 0.2) is 67.0 Å². The number of hydrogen-bond donors (Lipinski definition) is 2. The zero-order chi connectivity index (χ0) is 21.9. The molecule has 0 fully saturated rings. The maximum absolute atomic E-state index is 12.2. The van der Waals surface area contributed by atoms with Crippen LogP contribution in [0.2, 0.25) is 0 Å². The van der Waals surface area contributed by atoms with Crippen molar-refractivity contribution in [1.82, 2.24) is 9.78 Å². The number of rotatable bonds is 11. The summed E-state index contributed by atoms with van der Waals surface area (Å²) in [4.78, 5) is 24.1. The first-order chi connectivity index (χ1) is 15.1. The maximum Gasteiger partial charge on any atom is 0.250 e. The summed E-state index contributed by atoms with van der Waals surface area (Å²) in [6, 6.07) is 16.4. The van der Waals surface area contributed by atoms with Crippen LogP contribution in [0.25, 0.3) is 0 Å². The van der Waals surface area contributed by atoms with Crippen LogP contribution in [0.1, 0.15) is 0 Å². The number of methoxy groups -OCH3 is 1. The van der Waals surface area contributed by atoms with E-state index < -0.39 is 0 Å². The van der Waals surface area contributed by atoms with E-state index in [1.165, 1.54) is 10.9 Å². The molecule has 162 valence electrons. The van der Waals surface area contributed by atoms with Crippen molar-refractivity contribution in [2.24, 2.45) is 0 Å². The van der Waals surface area contributed by atoms with E-state index in [2.05, 4.69) is 15.7 Å². The molecule has 0 saturated heterocycles. The third kappa shape index (κ3) is 7.48. The number of nitrogens with one attached hydrogen (secondary N) is 2. The number of carbonyl (C=O) groups excluding carboxylic acids is 2. The molecule has 0 bridgehead atoms. The van der Waals surface area contributed by atoms with E-state index in [0.29, 0.717) is 23.7 Å². The van der Waals surface area contributed by atoms with Crippen molar-refractivity contribution in [3.8, 4) is 11.5 Å². The van der Waals surface area contributed by atoms with E-state index in [9.17, 15) is 9.59 Å². The molecule has 1 aromatic heterocycles. The van der Waals surface area contributed by atoms with Crippen molar-refractivity contribution < 1.29 is 23.8 Å². The van der Waals surface area contributed by atoms with Crippen molar-refractivity contribution in [3.05, 3.63) is 67.0 Å². The number of amides is 2. The molecule has 9 nitrogen and oxygen atoms in total. The van der Waals surface area contributed by atoms with Gasteiger partial charge in [0, 0.05) is 11.9 Å². The minimum Gasteiger partial charge on any atom is -0.497 e. The van der Waals surface area contributed by atoms with Crippen molar-refractivity contribution in [3.63, 3.8) is 0 Å². The Morgan fingerprint density at radius 1 is 0.903 bits per heavy atom. The monoisotopic (exact) mass is 424 g/mol. The van der Waals surface area contributed by atoms with E-state index in [4.69, 9.17) is 14.2 Å². The molecule has 0 aliphatic heterocycles. The fraction of sp³-hybridized carbons (Fsp3) is 0.227. The molecule has 2 N–H and O–H groups in total. The first kappa shape index (κ1) is 21.8. The SMILES string of the molecule is COc1ccc(NC(=O)Cn2cc(NC(=O)COCCOc3ccccc3)cn2)cc1. The van der Waals surface area contributed by atoms with Gasteiger partial charge in [-0.05, 0) is 36.4 Å². The first-order valence-electron chi connectivity index (χ1n) is 9.64. The summed E-state index contributed by atoms with van der Waals surface area (Å²) in [6.07, 6.45) is 3.04. The van der Waals surface area contributed by atoms with Crippen molar-refractivity contribution in [2.75, 3.05) is 37.6 Å². The van der Waals surface area contributed by atoms with Gasteiger partial charge in [-0.25, -0.2) is 0 Å². The second-order valence-corrected chi connectivity index (χ2v) is 6.47. The molecule has 0 aliphatic rings. The highest BCUT2D eigenvalue weighted by atomic mass is 16.5. The molecular weight excluding hydrogens is 400 g/mol. The molecule has 3 rings (SSSR count). The number of aromatic nitrogens is 2. The van der Waals surface area contributed by atoms with Crippen LogP contribution in [0.3, 0.4) is 0 Å². The summed E-state index contributed by atoms with van der Waals surface area (Å²) in [7, 11) is 1.58. The Morgan fingerprint density at radius 3 is 2.39 bits per heavy atom.